The second-order valence-electron chi connectivity index (χ2n) is 6.13. The summed E-state index contributed by atoms with van der Waals surface area (Å²) in [6, 6.07) is 7.74. The van der Waals surface area contributed by atoms with Crippen molar-refractivity contribution in [1.82, 2.24) is 5.32 Å². The summed E-state index contributed by atoms with van der Waals surface area (Å²) in [5, 5.41) is 5.30. The van der Waals surface area contributed by atoms with Crippen molar-refractivity contribution in [3.8, 4) is 11.5 Å². The average molecular weight is 342 g/mol. The highest BCUT2D eigenvalue weighted by Crippen LogP contribution is 2.40. The number of urea groups is 1. The number of hydrogen-bond acceptors (Lipinski definition) is 3. The molecule has 2 amide bonds. The molecule has 0 saturated carbocycles. The Hall–Kier alpha value is -2.76. The highest BCUT2D eigenvalue weighted by molar-refractivity contribution is 5.89. The molecule has 0 bridgehead atoms. The second-order valence-corrected chi connectivity index (χ2v) is 6.13. The Balaban J connectivity index is 1.41. The molecule has 2 aliphatic rings. The van der Waals surface area contributed by atoms with Crippen LogP contribution < -0.4 is 20.1 Å². The third-order valence-electron chi connectivity index (χ3n) is 4.54. The fourth-order valence-corrected chi connectivity index (χ4v) is 3.38. The maximum atomic E-state index is 13.6. The van der Waals surface area contributed by atoms with Crippen molar-refractivity contribution in [3.05, 3.63) is 52.8 Å². The Labute approximate surface area is 145 Å². The molecule has 0 spiro atoms. The van der Waals surface area contributed by atoms with Crippen LogP contribution in [0.25, 0.3) is 0 Å². The number of carbonyl (C=O) groups excluding carboxylic acids is 1. The first-order valence-corrected chi connectivity index (χ1v) is 8.45. The van der Waals surface area contributed by atoms with Crippen LogP contribution in [0, 0.1) is 5.82 Å². The van der Waals surface area contributed by atoms with E-state index in [1.807, 2.05) is 0 Å². The Morgan fingerprint density at radius 2 is 2.00 bits per heavy atom. The van der Waals surface area contributed by atoms with Crippen molar-refractivity contribution < 1.29 is 18.7 Å². The molecule has 0 radical (unpaired) electrons. The van der Waals surface area contributed by atoms with Gasteiger partial charge in [-0.3, -0.25) is 0 Å². The Morgan fingerprint density at radius 1 is 1.16 bits per heavy atom. The molecule has 2 heterocycles. The molecule has 0 saturated heterocycles. The lowest BCUT2D eigenvalue weighted by molar-refractivity contribution is 0.252. The second kappa shape index (κ2) is 6.63. The van der Waals surface area contributed by atoms with E-state index in [0.717, 1.165) is 29.9 Å². The number of ether oxygens (including phenoxy) is 2. The van der Waals surface area contributed by atoms with Crippen molar-refractivity contribution in [3.63, 3.8) is 0 Å². The van der Waals surface area contributed by atoms with Gasteiger partial charge in [0.05, 0.1) is 18.9 Å². The molecule has 4 rings (SSSR count). The summed E-state index contributed by atoms with van der Waals surface area (Å²) in [6.07, 6.45) is 2.41. The lowest BCUT2D eigenvalue weighted by Crippen LogP contribution is -2.31. The number of rotatable bonds is 4. The maximum absolute atomic E-state index is 13.6. The normalized spacial score (nSPS) is 14.3. The van der Waals surface area contributed by atoms with E-state index in [9.17, 15) is 9.18 Å². The summed E-state index contributed by atoms with van der Waals surface area (Å²) >= 11 is 0. The molecule has 0 unspecified atom stereocenters. The van der Waals surface area contributed by atoms with E-state index in [1.165, 1.54) is 23.3 Å². The number of anilines is 1. The van der Waals surface area contributed by atoms with Crippen LogP contribution in [-0.2, 0) is 19.3 Å². The first-order valence-electron chi connectivity index (χ1n) is 8.45. The van der Waals surface area contributed by atoms with E-state index in [4.69, 9.17) is 9.47 Å². The molecule has 0 aromatic heterocycles. The number of carbonyl (C=O) groups is 1. The van der Waals surface area contributed by atoms with E-state index in [-0.39, 0.29) is 5.69 Å². The van der Waals surface area contributed by atoms with Gasteiger partial charge in [-0.25, -0.2) is 9.18 Å². The molecule has 0 fully saturated rings. The molecule has 0 aliphatic carbocycles. The Morgan fingerprint density at radius 3 is 2.88 bits per heavy atom. The third-order valence-corrected chi connectivity index (χ3v) is 4.54. The fourth-order valence-electron chi connectivity index (χ4n) is 3.38. The molecule has 2 aromatic carbocycles. The third kappa shape index (κ3) is 3.12. The lowest BCUT2D eigenvalue weighted by Gasteiger charge is -2.14. The number of nitrogens with one attached hydrogen (secondary N) is 2. The van der Waals surface area contributed by atoms with Crippen LogP contribution in [-0.4, -0.2) is 25.8 Å². The van der Waals surface area contributed by atoms with Crippen molar-refractivity contribution in [1.29, 1.82) is 0 Å². The average Bonchev–Trinajstić information content (AvgIpc) is 3.25. The summed E-state index contributed by atoms with van der Waals surface area (Å²) in [6.45, 7) is 1.81. The van der Waals surface area contributed by atoms with E-state index < -0.39 is 11.8 Å². The first-order chi connectivity index (χ1) is 12.2. The van der Waals surface area contributed by atoms with Gasteiger partial charge in [0.1, 0.15) is 17.3 Å². The predicted octanol–water partition coefficient (Wildman–Crippen LogP) is 3.06. The summed E-state index contributed by atoms with van der Waals surface area (Å²) in [5.41, 5.74) is 3.63. The van der Waals surface area contributed by atoms with Crippen LogP contribution in [0.2, 0.25) is 0 Å². The zero-order valence-corrected chi connectivity index (χ0v) is 13.7. The quantitative estimate of drug-likeness (QED) is 0.898. The molecule has 6 heteroatoms. The fraction of sp³-hybridized carbons (Fsp3) is 0.316. The van der Waals surface area contributed by atoms with E-state index >= 15 is 0 Å². The molecule has 2 N–H and O–H groups in total. The van der Waals surface area contributed by atoms with Crippen LogP contribution >= 0.6 is 0 Å². The molecular formula is C19H19FN2O3. The minimum atomic E-state index is -0.457. The zero-order chi connectivity index (χ0) is 17.2. The molecule has 130 valence electrons. The SMILES string of the molecule is O=C(NCCc1c2c(cc3c1OCC3)OCC2)Nc1ccccc1F. The maximum Gasteiger partial charge on any atom is 0.319 e. The largest absolute Gasteiger partial charge is 0.493 e. The minimum Gasteiger partial charge on any atom is -0.493 e. The molecular weight excluding hydrogens is 323 g/mol. The highest BCUT2D eigenvalue weighted by atomic mass is 19.1. The smallest absolute Gasteiger partial charge is 0.319 e. The number of fused-ring (bicyclic) bond motifs is 2. The van der Waals surface area contributed by atoms with Gasteiger partial charge in [0.15, 0.2) is 0 Å². The van der Waals surface area contributed by atoms with Crippen LogP contribution in [0.4, 0.5) is 14.9 Å². The van der Waals surface area contributed by atoms with E-state index in [1.54, 1.807) is 12.1 Å². The van der Waals surface area contributed by atoms with Gasteiger partial charge >= 0.3 is 6.03 Å². The molecule has 2 aliphatic heterocycles. The van der Waals surface area contributed by atoms with Gasteiger partial charge in [0.25, 0.3) is 0 Å². The van der Waals surface area contributed by atoms with Crippen LogP contribution in [0.5, 0.6) is 11.5 Å². The summed E-state index contributed by atoms with van der Waals surface area (Å²) in [7, 11) is 0. The number of amides is 2. The van der Waals surface area contributed by atoms with Crippen molar-refractivity contribution in [2.45, 2.75) is 19.3 Å². The standard InChI is InChI=1S/C19H19FN2O3/c20-15-3-1-2-4-16(15)22-19(23)21-8-5-14-13-7-10-24-17(13)11-12-6-9-25-18(12)14/h1-4,11H,5-10H2,(H2,21,22,23). The minimum absolute atomic E-state index is 0.165. The predicted molar refractivity (Wildman–Crippen MR) is 92.0 cm³/mol. The number of para-hydroxylation sites is 1. The topological polar surface area (TPSA) is 59.6 Å². The van der Waals surface area contributed by atoms with E-state index in [2.05, 4.69) is 16.7 Å². The van der Waals surface area contributed by atoms with Gasteiger partial charge in [-0.15, -0.1) is 0 Å². The molecule has 2 aromatic rings. The monoisotopic (exact) mass is 342 g/mol. The van der Waals surface area contributed by atoms with Crippen molar-refractivity contribution in [2.24, 2.45) is 0 Å². The van der Waals surface area contributed by atoms with Crippen molar-refractivity contribution in [2.75, 3.05) is 25.1 Å². The van der Waals surface area contributed by atoms with E-state index in [0.29, 0.717) is 26.2 Å². The molecule has 25 heavy (non-hydrogen) atoms. The lowest BCUT2D eigenvalue weighted by atomic mass is 9.97. The van der Waals surface area contributed by atoms with Gasteiger partial charge in [0, 0.05) is 36.1 Å². The summed E-state index contributed by atoms with van der Waals surface area (Å²) in [4.78, 5) is 12.0. The number of benzene rings is 2. The van der Waals surface area contributed by atoms with Crippen LogP contribution in [0.3, 0.4) is 0 Å². The highest BCUT2D eigenvalue weighted by Gasteiger charge is 2.26. The zero-order valence-electron chi connectivity index (χ0n) is 13.7. The van der Waals surface area contributed by atoms with Crippen molar-refractivity contribution >= 4 is 11.7 Å². The van der Waals surface area contributed by atoms with Gasteiger partial charge in [-0.1, -0.05) is 12.1 Å². The summed E-state index contributed by atoms with van der Waals surface area (Å²) in [5.74, 6) is 1.43. The molecule has 0 atom stereocenters. The van der Waals surface area contributed by atoms with Crippen LogP contribution in [0.1, 0.15) is 16.7 Å². The Kier molecular flexibility index (Phi) is 4.17. The van der Waals surface area contributed by atoms with Crippen LogP contribution in [0.15, 0.2) is 30.3 Å². The number of halogens is 1. The van der Waals surface area contributed by atoms with Gasteiger partial charge < -0.3 is 20.1 Å². The molecule has 5 nitrogen and oxygen atoms in total. The van der Waals surface area contributed by atoms with Gasteiger partial charge in [0.2, 0.25) is 0 Å². The first kappa shape index (κ1) is 15.7. The Bertz CT molecular complexity index is 790. The number of hydrogen-bond donors (Lipinski definition) is 2. The van der Waals surface area contributed by atoms with Gasteiger partial charge in [-0.05, 0) is 24.6 Å². The summed E-state index contributed by atoms with van der Waals surface area (Å²) < 4.78 is 25.0. The van der Waals surface area contributed by atoms with Gasteiger partial charge in [-0.2, -0.15) is 0 Å².